The molecule has 0 radical (unpaired) electrons. The van der Waals surface area contributed by atoms with Crippen molar-refractivity contribution in [2.24, 2.45) is 0 Å². The lowest BCUT2D eigenvalue weighted by Gasteiger charge is -2.30. The van der Waals surface area contributed by atoms with Crippen molar-refractivity contribution in [3.63, 3.8) is 0 Å². The second kappa shape index (κ2) is 10.9. The predicted molar refractivity (Wildman–Crippen MR) is 120 cm³/mol. The number of nitrogens with one attached hydrogen (secondary N) is 1. The Bertz CT molecular complexity index is 853. The molecule has 0 spiro atoms. The van der Waals surface area contributed by atoms with Gasteiger partial charge in [-0.2, -0.15) is 0 Å². The summed E-state index contributed by atoms with van der Waals surface area (Å²) < 4.78 is 0. The third-order valence-corrected chi connectivity index (χ3v) is 5.74. The Morgan fingerprint density at radius 2 is 1.66 bits per heavy atom. The van der Waals surface area contributed by atoms with Crippen molar-refractivity contribution < 1.29 is 9.59 Å². The van der Waals surface area contributed by atoms with Gasteiger partial charge in [-0.3, -0.25) is 9.59 Å². The van der Waals surface area contributed by atoms with Crippen LogP contribution in [0.4, 0.5) is 0 Å². The zero-order valence-electron chi connectivity index (χ0n) is 16.7. The third-order valence-electron chi connectivity index (χ3n) is 4.80. The Kier molecular flexibility index (Phi) is 8.81. The van der Waals surface area contributed by atoms with E-state index in [9.17, 15) is 9.59 Å². The van der Waals surface area contributed by atoms with E-state index in [-0.39, 0.29) is 30.8 Å². The maximum Gasteiger partial charge on any atom is 0.242 e. The van der Waals surface area contributed by atoms with Gasteiger partial charge in [-0.1, -0.05) is 59.9 Å². The van der Waals surface area contributed by atoms with Crippen molar-refractivity contribution in [2.45, 2.75) is 52.2 Å². The topological polar surface area (TPSA) is 49.4 Å². The minimum Gasteiger partial charge on any atom is -0.352 e. The van der Waals surface area contributed by atoms with Crippen molar-refractivity contribution in [2.75, 3.05) is 0 Å². The van der Waals surface area contributed by atoms with E-state index >= 15 is 0 Å². The summed E-state index contributed by atoms with van der Waals surface area (Å²) in [4.78, 5) is 27.5. The highest BCUT2D eigenvalue weighted by Crippen LogP contribution is 2.26. The number of amides is 2. The normalized spacial score (nSPS) is 12.9. The zero-order valence-corrected chi connectivity index (χ0v) is 19.0. The van der Waals surface area contributed by atoms with Gasteiger partial charge in [0, 0.05) is 27.7 Å². The van der Waals surface area contributed by atoms with Crippen LogP contribution in [0.15, 0.2) is 42.5 Å². The van der Waals surface area contributed by atoms with Crippen LogP contribution in [-0.2, 0) is 22.6 Å². The average molecular weight is 456 g/mol. The number of nitrogens with zero attached hydrogens (tertiary/aromatic N) is 1. The molecule has 0 bridgehead atoms. The molecule has 2 aromatic rings. The quantitative estimate of drug-likeness (QED) is 0.569. The molecule has 2 atom stereocenters. The molecular formula is C22H25Cl3N2O2. The minimum absolute atomic E-state index is 0.0000235. The van der Waals surface area contributed by atoms with Crippen LogP contribution in [0.2, 0.25) is 15.1 Å². The Morgan fingerprint density at radius 1 is 1.03 bits per heavy atom. The predicted octanol–water partition coefficient (Wildman–Crippen LogP) is 5.52. The Hall–Kier alpha value is -1.75. The first-order valence-corrected chi connectivity index (χ1v) is 10.6. The molecule has 0 aliphatic rings. The standard InChI is InChI=1S/C22H25Cl3N2O2/c1-4-14(2)26-22(29)15(3)27(13-16-7-5-8-17(23)11-16)21(28)12-18-19(24)9-6-10-20(18)25/h5-11,14-15H,4,12-13H2,1-3H3,(H,26,29)/t14-,15-/m0/s1. The van der Waals surface area contributed by atoms with Gasteiger partial charge in [0.2, 0.25) is 11.8 Å². The molecule has 0 aliphatic heterocycles. The second-order valence-electron chi connectivity index (χ2n) is 7.02. The molecule has 7 heteroatoms. The molecule has 1 N–H and O–H groups in total. The third kappa shape index (κ3) is 6.63. The fourth-order valence-electron chi connectivity index (χ4n) is 2.83. The van der Waals surface area contributed by atoms with E-state index in [1.807, 2.05) is 26.0 Å². The number of hydrogen-bond acceptors (Lipinski definition) is 2. The molecule has 0 aromatic heterocycles. The molecule has 0 fully saturated rings. The highest BCUT2D eigenvalue weighted by molar-refractivity contribution is 6.36. The molecule has 2 aromatic carbocycles. The summed E-state index contributed by atoms with van der Waals surface area (Å²) in [6.07, 6.45) is 0.802. The van der Waals surface area contributed by atoms with Gasteiger partial charge in [-0.15, -0.1) is 0 Å². The minimum atomic E-state index is -0.670. The first-order valence-electron chi connectivity index (χ1n) is 9.50. The fourth-order valence-corrected chi connectivity index (χ4v) is 3.58. The van der Waals surface area contributed by atoms with Gasteiger partial charge >= 0.3 is 0 Å². The van der Waals surface area contributed by atoms with Crippen LogP contribution in [-0.4, -0.2) is 28.8 Å². The van der Waals surface area contributed by atoms with E-state index in [0.717, 1.165) is 12.0 Å². The monoisotopic (exact) mass is 454 g/mol. The molecule has 2 rings (SSSR count). The lowest BCUT2D eigenvalue weighted by Crippen LogP contribution is -2.49. The number of halogens is 3. The summed E-state index contributed by atoms with van der Waals surface area (Å²) in [5.74, 6) is -0.452. The molecule has 0 heterocycles. The molecule has 0 aliphatic carbocycles. The van der Waals surface area contributed by atoms with Crippen molar-refractivity contribution in [3.8, 4) is 0 Å². The molecule has 156 valence electrons. The summed E-state index contributed by atoms with van der Waals surface area (Å²) >= 11 is 18.6. The molecule has 0 unspecified atom stereocenters. The lowest BCUT2D eigenvalue weighted by atomic mass is 10.1. The van der Waals surface area contributed by atoms with Gasteiger partial charge in [0.25, 0.3) is 0 Å². The average Bonchev–Trinajstić information content (AvgIpc) is 2.68. The van der Waals surface area contributed by atoms with Crippen LogP contribution < -0.4 is 5.32 Å². The fraction of sp³-hybridized carbons (Fsp3) is 0.364. The summed E-state index contributed by atoms with van der Waals surface area (Å²) in [5, 5.41) is 4.35. The van der Waals surface area contributed by atoms with Crippen molar-refractivity contribution in [1.82, 2.24) is 10.2 Å². The van der Waals surface area contributed by atoms with Crippen LogP contribution in [0.1, 0.15) is 38.3 Å². The molecule has 4 nitrogen and oxygen atoms in total. The highest BCUT2D eigenvalue weighted by Gasteiger charge is 2.27. The van der Waals surface area contributed by atoms with Gasteiger partial charge in [0.15, 0.2) is 0 Å². The summed E-state index contributed by atoms with van der Waals surface area (Å²) in [5.41, 5.74) is 1.38. The van der Waals surface area contributed by atoms with Crippen LogP contribution in [0.3, 0.4) is 0 Å². The molecule has 0 saturated heterocycles. The number of hydrogen-bond donors (Lipinski definition) is 1. The summed E-state index contributed by atoms with van der Waals surface area (Å²) in [6, 6.07) is 11.7. The second-order valence-corrected chi connectivity index (χ2v) is 8.27. The van der Waals surface area contributed by atoms with E-state index < -0.39 is 6.04 Å². The van der Waals surface area contributed by atoms with Crippen molar-refractivity contribution in [3.05, 3.63) is 68.7 Å². The summed E-state index contributed by atoms with van der Waals surface area (Å²) in [6.45, 7) is 5.88. The SMILES string of the molecule is CC[C@H](C)NC(=O)[C@H](C)N(Cc1cccc(Cl)c1)C(=O)Cc1c(Cl)cccc1Cl. The molecule has 0 saturated carbocycles. The Balaban J connectivity index is 2.29. The van der Waals surface area contributed by atoms with Gasteiger partial charge in [0.05, 0.1) is 6.42 Å². The summed E-state index contributed by atoms with van der Waals surface area (Å²) in [7, 11) is 0. The molecule has 2 amide bonds. The molecule has 29 heavy (non-hydrogen) atoms. The molecular weight excluding hydrogens is 431 g/mol. The smallest absolute Gasteiger partial charge is 0.242 e. The van der Waals surface area contributed by atoms with E-state index in [2.05, 4.69) is 5.32 Å². The van der Waals surface area contributed by atoms with Crippen LogP contribution >= 0.6 is 34.8 Å². The van der Waals surface area contributed by atoms with E-state index in [1.54, 1.807) is 37.3 Å². The van der Waals surface area contributed by atoms with Crippen LogP contribution in [0.25, 0.3) is 0 Å². The largest absolute Gasteiger partial charge is 0.352 e. The zero-order chi connectivity index (χ0) is 21.6. The van der Waals surface area contributed by atoms with Crippen LogP contribution in [0.5, 0.6) is 0 Å². The number of benzene rings is 2. The number of carbonyl (C=O) groups excluding carboxylic acids is 2. The van der Waals surface area contributed by atoms with E-state index in [0.29, 0.717) is 20.6 Å². The number of carbonyl (C=O) groups is 2. The van der Waals surface area contributed by atoms with Gasteiger partial charge in [-0.05, 0) is 55.7 Å². The van der Waals surface area contributed by atoms with Crippen LogP contribution in [0, 0.1) is 0 Å². The van der Waals surface area contributed by atoms with Gasteiger partial charge in [-0.25, -0.2) is 0 Å². The maximum absolute atomic E-state index is 13.2. The Morgan fingerprint density at radius 3 is 2.24 bits per heavy atom. The van der Waals surface area contributed by atoms with E-state index in [1.165, 1.54) is 4.90 Å². The van der Waals surface area contributed by atoms with Crippen molar-refractivity contribution >= 4 is 46.6 Å². The lowest BCUT2D eigenvalue weighted by molar-refractivity contribution is -0.140. The first kappa shape index (κ1) is 23.5. The van der Waals surface area contributed by atoms with Gasteiger partial charge in [0.1, 0.15) is 6.04 Å². The Labute approximate surface area is 187 Å². The van der Waals surface area contributed by atoms with E-state index in [4.69, 9.17) is 34.8 Å². The van der Waals surface area contributed by atoms with Gasteiger partial charge < -0.3 is 10.2 Å². The maximum atomic E-state index is 13.2. The first-order chi connectivity index (χ1) is 13.7. The number of rotatable bonds is 8. The highest BCUT2D eigenvalue weighted by atomic mass is 35.5. The van der Waals surface area contributed by atoms with Crippen molar-refractivity contribution in [1.29, 1.82) is 0 Å².